The largest absolute Gasteiger partial charge is 0.316 e. The first-order chi connectivity index (χ1) is 10.9. The highest BCUT2D eigenvalue weighted by Crippen LogP contribution is 2.32. The van der Waals surface area contributed by atoms with E-state index in [0.717, 1.165) is 37.3 Å². The molecule has 0 aliphatic carbocycles. The Kier molecular flexibility index (Phi) is 3.84. The Labute approximate surface area is 131 Å². The minimum absolute atomic E-state index is 0.525. The first kappa shape index (κ1) is 14.2. The molecule has 2 fully saturated rings. The van der Waals surface area contributed by atoms with Crippen LogP contribution in [0, 0.1) is 0 Å². The van der Waals surface area contributed by atoms with E-state index in [1.807, 2.05) is 12.3 Å². The summed E-state index contributed by atoms with van der Waals surface area (Å²) >= 11 is 0. The highest BCUT2D eigenvalue weighted by Gasteiger charge is 2.30. The molecule has 0 spiro atoms. The van der Waals surface area contributed by atoms with Crippen LogP contribution in [-0.4, -0.2) is 52.2 Å². The number of hydrogen-bond donors (Lipinski definition) is 1. The van der Waals surface area contributed by atoms with Gasteiger partial charge in [0, 0.05) is 31.7 Å². The van der Waals surface area contributed by atoms with E-state index in [1.165, 1.54) is 31.6 Å². The highest BCUT2D eigenvalue weighted by molar-refractivity contribution is 5.71. The van der Waals surface area contributed by atoms with Crippen molar-refractivity contribution in [3.63, 3.8) is 0 Å². The average molecular weight is 299 g/mol. The summed E-state index contributed by atoms with van der Waals surface area (Å²) in [6.07, 6.45) is 5.59. The van der Waals surface area contributed by atoms with E-state index in [1.54, 1.807) is 0 Å². The van der Waals surface area contributed by atoms with Crippen LogP contribution < -0.4 is 5.32 Å². The Morgan fingerprint density at radius 2 is 2.32 bits per heavy atom. The van der Waals surface area contributed by atoms with Crippen molar-refractivity contribution in [2.45, 2.75) is 38.1 Å². The molecule has 2 aliphatic rings. The number of nitrogens with one attached hydrogen (secondary N) is 1. The van der Waals surface area contributed by atoms with E-state index in [4.69, 9.17) is 4.98 Å². The standard InChI is InChI=1S/C17H25N5/c1-2-21-10-7-14(12-21)22-16(13-5-3-8-18-11-13)20-15-6-4-9-19-17(15)22/h4,6,9,13-14,18H,2-3,5,7-8,10-12H2,1H3. The number of piperidine rings is 1. The van der Waals surface area contributed by atoms with Crippen molar-refractivity contribution in [3.8, 4) is 0 Å². The molecular formula is C17H25N5. The van der Waals surface area contributed by atoms with Gasteiger partial charge in [-0.05, 0) is 44.5 Å². The van der Waals surface area contributed by atoms with Crippen molar-refractivity contribution in [2.24, 2.45) is 0 Å². The monoisotopic (exact) mass is 299 g/mol. The van der Waals surface area contributed by atoms with Gasteiger partial charge in [0.2, 0.25) is 0 Å². The molecular weight excluding hydrogens is 274 g/mol. The van der Waals surface area contributed by atoms with Gasteiger partial charge in [0.05, 0.1) is 6.04 Å². The molecule has 0 bridgehead atoms. The zero-order chi connectivity index (χ0) is 14.9. The second kappa shape index (κ2) is 5.97. The van der Waals surface area contributed by atoms with Gasteiger partial charge in [-0.2, -0.15) is 0 Å². The van der Waals surface area contributed by atoms with Gasteiger partial charge in [0.25, 0.3) is 0 Å². The minimum atomic E-state index is 0.525. The molecule has 22 heavy (non-hydrogen) atoms. The maximum absolute atomic E-state index is 4.97. The van der Waals surface area contributed by atoms with E-state index in [9.17, 15) is 0 Å². The fraction of sp³-hybridized carbons (Fsp3) is 0.647. The van der Waals surface area contributed by atoms with Crippen LogP contribution in [-0.2, 0) is 0 Å². The molecule has 5 heteroatoms. The fourth-order valence-electron chi connectivity index (χ4n) is 3.98. The van der Waals surface area contributed by atoms with Crippen LogP contribution in [0.15, 0.2) is 18.3 Å². The molecule has 2 aliphatic heterocycles. The highest BCUT2D eigenvalue weighted by atomic mass is 15.2. The first-order valence-corrected chi connectivity index (χ1v) is 8.62. The summed E-state index contributed by atoms with van der Waals surface area (Å²) in [6, 6.07) is 4.62. The second-order valence-corrected chi connectivity index (χ2v) is 6.57. The number of nitrogens with zero attached hydrogens (tertiary/aromatic N) is 4. The molecule has 0 aromatic carbocycles. The summed E-state index contributed by atoms with van der Waals surface area (Å²) in [7, 11) is 0. The molecule has 0 radical (unpaired) electrons. The SMILES string of the molecule is CCN1CCC(n2c(C3CCCNC3)nc3cccnc32)C1. The molecule has 1 N–H and O–H groups in total. The number of hydrogen-bond acceptors (Lipinski definition) is 4. The topological polar surface area (TPSA) is 46.0 Å². The molecule has 5 nitrogen and oxygen atoms in total. The lowest BCUT2D eigenvalue weighted by Gasteiger charge is -2.25. The number of pyridine rings is 1. The zero-order valence-corrected chi connectivity index (χ0v) is 13.3. The summed E-state index contributed by atoms with van der Waals surface area (Å²) in [5, 5.41) is 3.53. The third kappa shape index (κ3) is 2.42. The predicted molar refractivity (Wildman–Crippen MR) is 88.1 cm³/mol. The van der Waals surface area contributed by atoms with E-state index in [2.05, 4.69) is 32.8 Å². The number of imidazole rings is 1. The first-order valence-electron chi connectivity index (χ1n) is 8.62. The molecule has 4 heterocycles. The summed E-state index contributed by atoms with van der Waals surface area (Å²) < 4.78 is 2.46. The molecule has 0 saturated carbocycles. The van der Waals surface area contributed by atoms with Crippen molar-refractivity contribution in [3.05, 3.63) is 24.2 Å². The van der Waals surface area contributed by atoms with Crippen molar-refractivity contribution in [2.75, 3.05) is 32.7 Å². The number of aromatic nitrogens is 3. The third-order valence-corrected chi connectivity index (χ3v) is 5.20. The van der Waals surface area contributed by atoms with Crippen LogP contribution in [0.4, 0.5) is 0 Å². The Morgan fingerprint density at radius 3 is 3.09 bits per heavy atom. The zero-order valence-electron chi connectivity index (χ0n) is 13.3. The average Bonchev–Trinajstić information content (AvgIpc) is 3.19. The Bertz CT molecular complexity index is 644. The maximum atomic E-state index is 4.97. The molecule has 0 amide bonds. The molecule has 2 saturated heterocycles. The lowest BCUT2D eigenvalue weighted by Crippen LogP contribution is -2.31. The Morgan fingerprint density at radius 1 is 1.36 bits per heavy atom. The molecule has 118 valence electrons. The van der Waals surface area contributed by atoms with Gasteiger partial charge in [-0.1, -0.05) is 6.92 Å². The molecule has 2 atom stereocenters. The predicted octanol–water partition coefficient (Wildman–Crippen LogP) is 2.17. The van der Waals surface area contributed by atoms with Gasteiger partial charge in [-0.3, -0.25) is 0 Å². The van der Waals surface area contributed by atoms with Crippen LogP contribution >= 0.6 is 0 Å². The van der Waals surface area contributed by atoms with Crippen molar-refractivity contribution < 1.29 is 0 Å². The third-order valence-electron chi connectivity index (χ3n) is 5.20. The minimum Gasteiger partial charge on any atom is -0.316 e. The van der Waals surface area contributed by atoms with Gasteiger partial charge in [0.1, 0.15) is 11.3 Å². The second-order valence-electron chi connectivity index (χ2n) is 6.57. The van der Waals surface area contributed by atoms with Crippen molar-refractivity contribution in [1.82, 2.24) is 24.8 Å². The Hall–Kier alpha value is -1.46. The number of fused-ring (bicyclic) bond motifs is 1. The number of likely N-dealkylation sites (N-methyl/N-ethyl adjacent to an activating group) is 1. The summed E-state index contributed by atoms with van der Waals surface area (Å²) in [4.78, 5) is 12.2. The van der Waals surface area contributed by atoms with Gasteiger partial charge in [-0.15, -0.1) is 0 Å². The number of likely N-dealkylation sites (tertiary alicyclic amines) is 1. The van der Waals surface area contributed by atoms with E-state index < -0.39 is 0 Å². The smallest absolute Gasteiger partial charge is 0.160 e. The molecule has 2 unspecified atom stereocenters. The van der Waals surface area contributed by atoms with E-state index in [-0.39, 0.29) is 0 Å². The summed E-state index contributed by atoms with van der Waals surface area (Å²) in [5.74, 6) is 1.78. The normalized spacial score (nSPS) is 26.8. The van der Waals surface area contributed by atoms with E-state index in [0.29, 0.717) is 12.0 Å². The van der Waals surface area contributed by atoms with Crippen LogP contribution in [0.3, 0.4) is 0 Å². The Balaban J connectivity index is 1.76. The summed E-state index contributed by atoms with van der Waals surface area (Å²) in [5.41, 5.74) is 2.13. The fourth-order valence-corrected chi connectivity index (χ4v) is 3.98. The van der Waals surface area contributed by atoms with Crippen molar-refractivity contribution >= 4 is 11.2 Å². The number of rotatable bonds is 3. The van der Waals surface area contributed by atoms with Gasteiger partial charge in [0.15, 0.2) is 5.65 Å². The van der Waals surface area contributed by atoms with Crippen LogP contribution in [0.5, 0.6) is 0 Å². The van der Waals surface area contributed by atoms with Crippen molar-refractivity contribution in [1.29, 1.82) is 0 Å². The van der Waals surface area contributed by atoms with Crippen LogP contribution in [0.25, 0.3) is 11.2 Å². The van der Waals surface area contributed by atoms with Gasteiger partial charge >= 0.3 is 0 Å². The summed E-state index contributed by atoms with van der Waals surface area (Å²) in [6.45, 7) is 7.90. The quantitative estimate of drug-likeness (QED) is 0.943. The van der Waals surface area contributed by atoms with E-state index >= 15 is 0 Å². The van der Waals surface area contributed by atoms with Crippen LogP contribution in [0.2, 0.25) is 0 Å². The van der Waals surface area contributed by atoms with Gasteiger partial charge < -0.3 is 14.8 Å². The molecule has 2 aromatic rings. The molecule has 2 aromatic heterocycles. The van der Waals surface area contributed by atoms with Gasteiger partial charge in [-0.25, -0.2) is 9.97 Å². The lowest BCUT2D eigenvalue weighted by molar-refractivity contribution is 0.337. The molecule has 4 rings (SSSR count). The maximum Gasteiger partial charge on any atom is 0.160 e. The van der Waals surface area contributed by atoms with Crippen LogP contribution in [0.1, 0.15) is 44.0 Å². The lowest BCUT2D eigenvalue weighted by atomic mass is 9.98.